The van der Waals surface area contributed by atoms with Gasteiger partial charge in [-0.25, -0.2) is 0 Å². The van der Waals surface area contributed by atoms with Crippen LogP contribution in [0, 0.1) is 6.92 Å². The maximum atomic E-state index is 11.8. The van der Waals surface area contributed by atoms with Gasteiger partial charge in [0.2, 0.25) is 5.43 Å². The van der Waals surface area contributed by atoms with Crippen LogP contribution in [0.4, 0.5) is 0 Å². The van der Waals surface area contributed by atoms with E-state index in [1.54, 1.807) is 10.8 Å². The number of nitrogens with zero attached hydrogens (tertiary/aromatic N) is 1. The van der Waals surface area contributed by atoms with Crippen molar-refractivity contribution in [1.82, 2.24) is 4.57 Å². The van der Waals surface area contributed by atoms with Gasteiger partial charge in [0.1, 0.15) is 5.75 Å². The predicted octanol–water partition coefficient (Wildman–Crippen LogP) is 3.22. The lowest BCUT2D eigenvalue weighted by Crippen LogP contribution is -2.10. The molecule has 3 nitrogen and oxygen atoms in total. The Balaban J connectivity index is 2.32. The summed E-state index contributed by atoms with van der Waals surface area (Å²) in [5, 5.41) is 0. The van der Waals surface area contributed by atoms with E-state index in [1.807, 2.05) is 38.2 Å². The molecule has 0 radical (unpaired) electrons. The van der Waals surface area contributed by atoms with Crippen LogP contribution in [0.5, 0.6) is 11.5 Å². The fourth-order valence-corrected chi connectivity index (χ4v) is 1.86. The molecule has 94 valence electrons. The van der Waals surface area contributed by atoms with Crippen LogP contribution in [0.3, 0.4) is 0 Å². The van der Waals surface area contributed by atoms with Crippen LogP contribution in [0.2, 0.25) is 0 Å². The normalized spacial score (nSPS) is 10.4. The average Bonchev–Trinajstić information content (AvgIpc) is 2.36. The van der Waals surface area contributed by atoms with Gasteiger partial charge in [-0.15, -0.1) is 11.6 Å². The molecule has 0 amide bonds. The van der Waals surface area contributed by atoms with E-state index in [1.165, 1.54) is 6.07 Å². The zero-order valence-electron chi connectivity index (χ0n) is 10.3. The third-order valence-corrected chi connectivity index (χ3v) is 2.96. The third-order valence-electron chi connectivity index (χ3n) is 2.69. The molecule has 2 aromatic rings. The van der Waals surface area contributed by atoms with Crippen molar-refractivity contribution in [1.29, 1.82) is 0 Å². The van der Waals surface area contributed by atoms with Crippen LogP contribution in [-0.4, -0.2) is 4.57 Å². The molecule has 4 heteroatoms. The van der Waals surface area contributed by atoms with Crippen molar-refractivity contribution >= 4 is 11.6 Å². The van der Waals surface area contributed by atoms with E-state index in [0.717, 1.165) is 11.3 Å². The molecular formula is C14H14ClNO2. The Bertz CT molecular complexity index is 602. The van der Waals surface area contributed by atoms with E-state index in [9.17, 15) is 4.79 Å². The molecule has 0 unspecified atom stereocenters. The van der Waals surface area contributed by atoms with E-state index >= 15 is 0 Å². The Morgan fingerprint density at radius 1 is 1.28 bits per heavy atom. The first-order valence-corrected chi connectivity index (χ1v) is 6.13. The van der Waals surface area contributed by atoms with Crippen molar-refractivity contribution in [3.63, 3.8) is 0 Å². The standard InChI is InChI=1S/C14H14ClNO2/c1-10-3-5-12(6-4-10)18-14-9-16(2)11(8-15)7-13(14)17/h3-7,9H,8H2,1-2H3. The van der Waals surface area contributed by atoms with Crippen molar-refractivity contribution in [3.8, 4) is 11.5 Å². The van der Waals surface area contributed by atoms with Crippen LogP contribution < -0.4 is 10.2 Å². The summed E-state index contributed by atoms with van der Waals surface area (Å²) in [5.74, 6) is 1.25. The predicted molar refractivity (Wildman–Crippen MR) is 72.5 cm³/mol. The van der Waals surface area contributed by atoms with E-state index < -0.39 is 0 Å². The van der Waals surface area contributed by atoms with Gasteiger partial charge < -0.3 is 9.30 Å². The molecule has 1 aromatic carbocycles. The number of halogens is 1. The second-order valence-corrected chi connectivity index (χ2v) is 4.42. The summed E-state index contributed by atoms with van der Waals surface area (Å²) in [6, 6.07) is 9.05. The summed E-state index contributed by atoms with van der Waals surface area (Å²) >= 11 is 5.73. The number of ether oxygens (including phenoxy) is 1. The summed E-state index contributed by atoms with van der Waals surface area (Å²) in [6.45, 7) is 2.00. The number of pyridine rings is 1. The Hall–Kier alpha value is -1.74. The lowest BCUT2D eigenvalue weighted by Gasteiger charge is -2.09. The highest BCUT2D eigenvalue weighted by Crippen LogP contribution is 2.19. The molecule has 0 atom stereocenters. The first-order chi connectivity index (χ1) is 8.60. The van der Waals surface area contributed by atoms with Crippen molar-refractivity contribution in [2.24, 2.45) is 7.05 Å². The zero-order valence-corrected chi connectivity index (χ0v) is 11.1. The van der Waals surface area contributed by atoms with E-state index in [4.69, 9.17) is 16.3 Å². The summed E-state index contributed by atoms with van der Waals surface area (Å²) in [6.07, 6.45) is 1.65. The lowest BCUT2D eigenvalue weighted by molar-refractivity contribution is 0.471. The van der Waals surface area contributed by atoms with Crippen LogP contribution in [0.25, 0.3) is 0 Å². The Kier molecular flexibility index (Phi) is 3.72. The fraction of sp³-hybridized carbons (Fsp3) is 0.214. The number of hydrogen-bond acceptors (Lipinski definition) is 2. The van der Waals surface area contributed by atoms with Gasteiger partial charge in [0, 0.05) is 18.8 Å². The molecule has 0 aliphatic carbocycles. The van der Waals surface area contributed by atoms with Crippen molar-refractivity contribution in [2.45, 2.75) is 12.8 Å². The molecule has 0 N–H and O–H groups in total. The van der Waals surface area contributed by atoms with E-state index in [2.05, 4.69) is 0 Å². The molecule has 0 fully saturated rings. The maximum absolute atomic E-state index is 11.8. The van der Waals surface area contributed by atoms with Crippen LogP contribution in [-0.2, 0) is 12.9 Å². The molecule has 2 rings (SSSR count). The molecule has 18 heavy (non-hydrogen) atoms. The molecule has 0 saturated heterocycles. The number of rotatable bonds is 3. The second kappa shape index (κ2) is 5.27. The van der Waals surface area contributed by atoms with Crippen molar-refractivity contribution < 1.29 is 4.74 Å². The molecule has 0 bridgehead atoms. The maximum Gasteiger partial charge on any atom is 0.224 e. The quantitative estimate of drug-likeness (QED) is 0.796. The average molecular weight is 264 g/mol. The summed E-state index contributed by atoms with van der Waals surface area (Å²) in [5.41, 5.74) is 1.75. The SMILES string of the molecule is Cc1ccc(Oc2cn(C)c(CCl)cc2=O)cc1. The fourth-order valence-electron chi connectivity index (χ4n) is 1.59. The molecule has 0 saturated carbocycles. The molecule has 0 aliphatic heterocycles. The first-order valence-electron chi connectivity index (χ1n) is 5.60. The van der Waals surface area contributed by atoms with Crippen molar-refractivity contribution in [3.05, 3.63) is 58.0 Å². The van der Waals surface area contributed by atoms with Crippen molar-refractivity contribution in [2.75, 3.05) is 0 Å². The van der Waals surface area contributed by atoms with Crippen LogP contribution in [0.1, 0.15) is 11.3 Å². The third kappa shape index (κ3) is 2.74. The highest BCUT2D eigenvalue weighted by Gasteiger charge is 2.06. The summed E-state index contributed by atoms with van der Waals surface area (Å²) in [7, 11) is 1.83. The second-order valence-electron chi connectivity index (χ2n) is 4.15. The topological polar surface area (TPSA) is 31.2 Å². The van der Waals surface area contributed by atoms with E-state index in [-0.39, 0.29) is 5.43 Å². The highest BCUT2D eigenvalue weighted by atomic mass is 35.5. The molecule has 1 aromatic heterocycles. The number of aryl methyl sites for hydroxylation is 2. The lowest BCUT2D eigenvalue weighted by atomic mass is 10.2. The minimum Gasteiger partial charge on any atom is -0.452 e. The van der Waals surface area contributed by atoms with Gasteiger partial charge >= 0.3 is 0 Å². The van der Waals surface area contributed by atoms with Gasteiger partial charge in [0.05, 0.1) is 12.1 Å². The zero-order chi connectivity index (χ0) is 13.1. The summed E-state index contributed by atoms with van der Waals surface area (Å²) < 4.78 is 7.36. The largest absolute Gasteiger partial charge is 0.452 e. The smallest absolute Gasteiger partial charge is 0.224 e. The van der Waals surface area contributed by atoms with Gasteiger partial charge in [-0.05, 0) is 19.1 Å². The monoisotopic (exact) mass is 263 g/mol. The number of benzene rings is 1. The van der Waals surface area contributed by atoms with Gasteiger partial charge in [0.15, 0.2) is 5.75 Å². The molecular weight excluding hydrogens is 250 g/mol. The minimum atomic E-state index is -0.163. The van der Waals surface area contributed by atoms with Crippen LogP contribution >= 0.6 is 11.6 Å². The highest BCUT2D eigenvalue weighted by molar-refractivity contribution is 6.16. The summed E-state index contributed by atoms with van der Waals surface area (Å²) in [4.78, 5) is 11.8. The number of hydrogen-bond donors (Lipinski definition) is 0. The Labute approximate surface area is 111 Å². The Morgan fingerprint density at radius 3 is 2.56 bits per heavy atom. The van der Waals surface area contributed by atoms with Gasteiger partial charge in [-0.3, -0.25) is 4.79 Å². The number of alkyl halides is 1. The number of aromatic nitrogens is 1. The molecule has 1 heterocycles. The molecule has 0 spiro atoms. The van der Waals surface area contributed by atoms with Gasteiger partial charge in [-0.2, -0.15) is 0 Å². The van der Waals surface area contributed by atoms with Crippen LogP contribution in [0.15, 0.2) is 41.3 Å². The first kappa shape index (κ1) is 12.7. The Morgan fingerprint density at radius 2 is 1.94 bits per heavy atom. The molecule has 0 aliphatic rings. The van der Waals surface area contributed by atoms with Gasteiger partial charge in [0.25, 0.3) is 0 Å². The minimum absolute atomic E-state index is 0.163. The van der Waals surface area contributed by atoms with E-state index in [0.29, 0.717) is 17.4 Å². The van der Waals surface area contributed by atoms with Gasteiger partial charge in [-0.1, -0.05) is 17.7 Å².